The second-order valence-corrected chi connectivity index (χ2v) is 10.8. The Hall–Kier alpha value is -3.95. The lowest BCUT2D eigenvalue weighted by Crippen LogP contribution is -2.38. The Kier molecular flexibility index (Phi) is 8.85. The zero-order valence-electron chi connectivity index (χ0n) is 24.2. The lowest BCUT2D eigenvalue weighted by Gasteiger charge is -2.27. The predicted molar refractivity (Wildman–Crippen MR) is 160 cm³/mol. The van der Waals surface area contributed by atoms with Gasteiger partial charge < -0.3 is 24.0 Å². The molecule has 1 aromatic carbocycles. The third kappa shape index (κ3) is 6.69. The molecule has 0 saturated carbocycles. The number of morpholine rings is 1. The van der Waals surface area contributed by atoms with Crippen LogP contribution in [0.4, 0.5) is 5.95 Å². The van der Waals surface area contributed by atoms with Crippen LogP contribution in [0.15, 0.2) is 53.9 Å². The van der Waals surface area contributed by atoms with Crippen LogP contribution in [0.3, 0.4) is 0 Å². The zero-order valence-corrected chi connectivity index (χ0v) is 24.2. The van der Waals surface area contributed by atoms with Crippen LogP contribution in [0.5, 0.6) is 5.75 Å². The van der Waals surface area contributed by atoms with E-state index in [4.69, 9.17) is 9.47 Å². The van der Waals surface area contributed by atoms with E-state index in [0.717, 1.165) is 77.0 Å². The van der Waals surface area contributed by atoms with E-state index in [1.807, 2.05) is 13.8 Å². The summed E-state index contributed by atoms with van der Waals surface area (Å²) in [5.74, 6) is 0.333. The van der Waals surface area contributed by atoms with Crippen molar-refractivity contribution in [2.24, 2.45) is 0 Å². The Bertz CT molecular complexity index is 1520. The first kappa shape index (κ1) is 28.6. The molecule has 5 rings (SSSR count). The lowest BCUT2D eigenvalue weighted by atomic mass is 9.89. The minimum Gasteiger partial charge on any atom is -0.489 e. The molecule has 1 fully saturated rings. The number of aryl methyl sites for hydroxylation is 2. The molecule has 9 heteroatoms. The van der Waals surface area contributed by atoms with Crippen molar-refractivity contribution in [3.05, 3.63) is 81.3 Å². The Balaban J connectivity index is 1.47. The molecule has 2 aliphatic rings. The quantitative estimate of drug-likeness (QED) is 0.452. The zero-order chi connectivity index (χ0) is 28.9. The van der Waals surface area contributed by atoms with Gasteiger partial charge in [-0.05, 0) is 49.1 Å². The molecule has 41 heavy (non-hydrogen) atoms. The van der Waals surface area contributed by atoms with Crippen LogP contribution >= 0.6 is 0 Å². The second kappa shape index (κ2) is 12.7. The van der Waals surface area contributed by atoms with Gasteiger partial charge in [0, 0.05) is 55.5 Å². The molecule has 1 N–H and O–H groups in total. The summed E-state index contributed by atoms with van der Waals surface area (Å²) < 4.78 is 13.5. The molecule has 0 spiro atoms. The normalized spacial score (nSPS) is 19.7. The average molecular weight is 558 g/mol. The van der Waals surface area contributed by atoms with Crippen LogP contribution in [0.1, 0.15) is 30.2 Å². The monoisotopic (exact) mass is 557 g/mol. The summed E-state index contributed by atoms with van der Waals surface area (Å²) in [6, 6.07) is 10.4. The molecule has 0 unspecified atom stereocenters. The number of hydrogen-bond donors (Lipinski definition) is 1. The number of aromatic nitrogens is 3. The summed E-state index contributed by atoms with van der Waals surface area (Å²) >= 11 is 0. The third-order valence-electron chi connectivity index (χ3n) is 7.87. The number of benzene rings is 1. The van der Waals surface area contributed by atoms with Crippen molar-refractivity contribution in [1.29, 1.82) is 0 Å². The van der Waals surface area contributed by atoms with Gasteiger partial charge in [0.1, 0.15) is 6.61 Å². The lowest BCUT2D eigenvalue weighted by molar-refractivity contribution is -0.136. The number of carbonyl (C=O) groups is 1. The van der Waals surface area contributed by atoms with E-state index in [9.17, 15) is 9.90 Å². The van der Waals surface area contributed by atoms with Crippen molar-refractivity contribution in [2.45, 2.75) is 33.7 Å². The van der Waals surface area contributed by atoms with Crippen molar-refractivity contribution in [3.8, 4) is 5.75 Å². The molecular weight excluding hydrogens is 518 g/mol. The van der Waals surface area contributed by atoms with E-state index in [1.54, 1.807) is 12.4 Å². The van der Waals surface area contributed by atoms with Crippen LogP contribution in [0, 0.1) is 13.8 Å². The van der Waals surface area contributed by atoms with Crippen molar-refractivity contribution in [1.82, 2.24) is 19.4 Å². The van der Waals surface area contributed by atoms with Crippen LogP contribution < -0.4 is 20.2 Å². The maximum atomic E-state index is 12.2. The number of nitrogens with zero attached hydrogens (tertiary/aromatic N) is 5. The van der Waals surface area contributed by atoms with E-state index < -0.39 is 5.97 Å². The summed E-state index contributed by atoms with van der Waals surface area (Å²) in [5, 5.41) is 11.8. The third-order valence-corrected chi connectivity index (χ3v) is 7.87. The first-order valence-corrected chi connectivity index (χ1v) is 14.2. The number of aliphatic carboxylic acids is 1. The second-order valence-electron chi connectivity index (χ2n) is 10.8. The van der Waals surface area contributed by atoms with E-state index in [2.05, 4.69) is 68.2 Å². The van der Waals surface area contributed by atoms with Crippen LogP contribution in [-0.4, -0.2) is 83.1 Å². The topological polar surface area (TPSA) is 93.0 Å². The van der Waals surface area contributed by atoms with Gasteiger partial charge in [-0.1, -0.05) is 36.4 Å². The van der Waals surface area contributed by atoms with Gasteiger partial charge in [0.2, 0.25) is 5.95 Å². The SMILES string of the molecule is C=c1/c2cc(C)n1CCN(c1ncc(OCCN3CCOCC3)cn1)C/C(C)=C(CC(=O)O)\C=2c1ccc(C)cc1. The van der Waals surface area contributed by atoms with E-state index in [1.165, 1.54) is 0 Å². The standard InChI is InChI=1S/C32H39N5O4/c1-22-5-7-26(8-6-22)31-28(18-30(38)39)23(2)21-36(9-10-37-24(3)17-29(31)25(37)4)32-33-19-27(20-34-32)41-16-13-35-11-14-40-15-12-35/h5-8,17,19-20H,4,9-16,18,21H2,1-3H3,(H,38,39)/b28-23-,31-29+. The fourth-order valence-electron chi connectivity index (χ4n) is 5.59. The number of hydrogen-bond acceptors (Lipinski definition) is 7. The molecule has 4 heterocycles. The maximum Gasteiger partial charge on any atom is 0.307 e. The number of rotatable bonds is 8. The molecule has 0 atom stereocenters. The van der Waals surface area contributed by atoms with Crippen molar-refractivity contribution in [2.75, 3.05) is 57.4 Å². The Morgan fingerprint density at radius 2 is 1.76 bits per heavy atom. The van der Waals surface area contributed by atoms with Gasteiger partial charge in [-0.2, -0.15) is 0 Å². The fourth-order valence-corrected chi connectivity index (χ4v) is 5.59. The van der Waals surface area contributed by atoms with Gasteiger partial charge in [0.05, 0.1) is 32.0 Å². The first-order valence-electron chi connectivity index (χ1n) is 14.2. The Morgan fingerprint density at radius 3 is 2.44 bits per heavy atom. The number of anilines is 1. The fraction of sp³-hybridized carbons (Fsp3) is 0.406. The Morgan fingerprint density at radius 1 is 1.05 bits per heavy atom. The van der Waals surface area contributed by atoms with Crippen LogP contribution in [0.2, 0.25) is 0 Å². The van der Waals surface area contributed by atoms with Gasteiger partial charge >= 0.3 is 5.97 Å². The Labute approximate surface area is 241 Å². The molecule has 2 aromatic heterocycles. The largest absolute Gasteiger partial charge is 0.489 e. The van der Waals surface area contributed by atoms with E-state index >= 15 is 0 Å². The van der Waals surface area contributed by atoms with Crippen molar-refractivity contribution in [3.63, 3.8) is 0 Å². The highest BCUT2D eigenvalue weighted by molar-refractivity contribution is 5.86. The summed E-state index contributed by atoms with van der Waals surface area (Å²) in [5.41, 5.74) is 5.88. The highest BCUT2D eigenvalue weighted by atomic mass is 16.5. The highest BCUT2D eigenvalue weighted by Crippen LogP contribution is 2.28. The molecule has 216 valence electrons. The first-order chi connectivity index (χ1) is 19.8. The number of ether oxygens (including phenoxy) is 2. The highest BCUT2D eigenvalue weighted by Gasteiger charge is 2.22. The summed E-state index contributed by atoms with van der Waals surface area (Å²) in [6.45, 7) is 17.2. The van der Waals surface area contributed by atoms with Crippen molar-refractivity contribution >= 4 is 24.1 Å². The molecule has 2 bridgehead atoms. The van der Waals surface area contributed by atoms with E-state index in [-0.39, 0.29) is 6.42 Å². The molecular formula is C32H39N5O4. The number of fused-ring (bicyclic) bond motifs is 2. The van der Waals surface area contributed by atoms with Gasteiger partial charge in [-0.15, -0.1) is 0 Å². The number of carboxylic acid groups (broad SMARTS) is 1. The molecule has 2 aliphatic heterocycles. The number of carboxylic acids is 1. The molecule has 0 amide bonds. The minimum atomic E-state index is -0.871. The predicted octanol–water partition coefficient (Wildman–Crippen LogP) is 2.53. The summed E-state index contributed by atoms with van der Waals surface area (Å²) in [6.07, 6.45) is 3.34. The van der Waals surface area contributed by atoms with Gasteiger partial charge in [0.25, 0.3) is 0 Å². The smallest absolute Gasteiger partial charge is 0.307 e. The van der Waals surface area contributed by atoms with Crippen molar-refractivity contribution < 1.29 is 19.4 Å². The van der Waals surface area contributed by atoms with Gasteiger partial charge in [0.15, 0.2) is 5.75 Å². The molecule has 1 saturated heterocycles. The minimum absolute atomic E-state index is 0.0939. The van der Waals surface area contributed by atoms with Crippen LogP contribution in [-0.2, 0) is 16.1 Å². The molecule has 0 radical (unpaired) electrons. The molecule has 9 nitrogen and oxygen atoms in total. The molecule has 3 aromatic rings. The van der Waals surface area contributed by atoms with Crippen LogP contribution in [0.25, 0.3) is 12.2 Å². The summed E-state index contributed by atoms with van der Waals surface area (Å²) in [7, 11) is 0. The maximum absolute atomic E-state index is 12.2. The van der Waals surface area contributed by atoms with E-state index in [0.29, 0.717) is 37.9 Å². The van der Waals surface area contributed by atoms with Gasteiger partial charge in [-0.3, -0.25) is 9.69 Å². The molecule has 0 aliphatic carbocycles. The average Bonchev–Trinajstić information content (AvgIpc) is 3.23. The summed E-state index contributed by atoms with van der Waals surface area (Å²) in [4.78, 5) is 25.9. The van der Waals surface area contributed by atoms with Gasteiger partial charge in [-0.25, -0.2) is 9.97 Å².